The third kappa shape index (κ3) is 2.49. The second-order valence-corrected chi connectivity index (χ2v) is 6.39. The number of benzene rings is 2. The molecule has 4 rings (SSSR count). The van der Waals surface area contributed by atoms with Gasteiger partial charge in [0, 0.05) is 22.9 Å². The molecule has 1 aliphatic heterocycles. The molecular formula is C19H16ClN3O. The molecule has 0 radical (unpaired) electrons. The molecule has 1 N–H and O–H groups in total. The van der Waals surface area contributed by atoms with Gasteiger partial charge in [-0.1, -0.05) is 41.9 Å². The summed E-state index contributed by atoms with van der Waals surface area (Å²) >= 11 is 5.97. The molecule has 0 unspecified atom stereocenters. The Balaban J connectivity index is 1.87. The zero-order valence-corrected chi connectivity index (χ0v) is 13.9. The van der Waals surface area contributed by atoms with Crippen LogP contribution in [-0.4, -0.2) is 15.7 Å². The van der Waals surface area contributed by atoms with Crippen LogP contribution in [-0.2, 0) is 4.79 Å². The van der Waals surface area contributed by atoms with Gasteiger partial charge in [-0.25, -0.2) is 4.68 Å². The van der Waals surface area contributed by atoms with E-state index in [1.165, 1.54) is 0 Å². The van der Waals surface area contributed by atoms with Crippen molar-refractivity contribution < 1.29 is 4.79 Å². The zero-order valence-electron chi connectivity index (χ0n) is 13.2. The van der Waals surface area contributed by atoms with Crippen molar-refractivity contribution in [1.29, 1.82) is 0 Å². The normalized spacial score (nSPS) is 16.6. The van der Waals surface area contributed by atoms with Gasteiger partial charge < -0.3 is 5.32 Å². The molecule has 24 heavy (non-hydrogen) atoms. The Bertz CT molecular complexity index is 900. The molecule has 0 fully saturated rings. The van der Waals surface area contributed by atoms with E-state index in [1.54, 1.807) is 4.68 Å². The molecule has 120 valence electrons. The number of carbonyl (C=O) groups excluding carboxylic acids is 1. The van der Waals surface area contributed by atoms with Crippen LogP contribution in [0.25, 0.3) is 5.69 Å². The summed E-state index contributed by atoms with van der Waals surface area (Å²) in [5.74, 6) is 0.780. The van der Waals surface area contributed by atoms with E-state index in [4.69, 9.17) is 11.6 Å². The standard InChI is InChI=1S/C19H16ClN3O/c1-12-18-16(13-5-3-2-4-6-13)11-17(24)21-19(18)23(22-12)15-9-7-14(20)8-10-15/h2-10,16H,11H2,1H3,(H,21,24)/t16-/m1/s1. The van der Waals surface area contributed by atoms with E-state index in [1.807, 2.05) is 49.4 Å². The summed E-state index contributed by atoms with van der Waals surface area (Å²) in [5, 5.41) is 8.32. The summed E-state index contributed by atoms with van der Waals surface area (Å²) in [6.07, 6.45) is 0.435. The molecule has 0 aliphatic carbocycles. The van der Waals surface area contributed by atoms with Crippen LogP contribution in [0.5, 0.6) is 0 Å². The first-order chi connectivity index (χ1) is 11.6. The Morgan fingerprint density at radius 3 is 2.54 bits per heavy atom. The predicted octanol–water partition coefficient (Wildman–Crippen LogP) is 4.31. The summed E-state index contributed by atoms with van der Waals surface area (Å²) in [6, 6.07) is 17.5. The number of fused-ring (bicyclic) bond motifs is 1. The van der Waals surface area contributed by atoms with Crippen molar-refractivity contribution in [2.24, 2.45) is 0 Å². The number of amides is 1. The van der Waals surface area contributed by atoms with Crippen LogP contribution in [0.4, 0.5) is 5.82 Å². The second-order valence-electron chi connectivity index (χ2n) is 5.95. The lowest BCUT2D eigenvalue weighted by atomic mass is 9.86. The Morgan fingerprint density at radius 1 is 1.12 bits per heavy atom. The number of hydrogen-bond acceptors (Lipinski definition) is 2. The van der Waals surface area contributed by atoms with Gasteiger partial charge in [0.25, 0.3) is 0 Å². The summed E-state index contributed by atoms with van der Waals surface area (Å²) in [6.45, 7) is 1.98. The van der Waals surface area contributed by atoms with Crippen molar-refractivity contribution in [3.8, 4) is 5.69 Å². The van der Waals surface area contributed by atoms with Crippen molar-refractivity contribution >= 4 is 23.3 Å². The van der Waals surface area contributed by atoms with Crippen molar-refractivity contribution in [3.63, 3.8) is 0 Å². The summed E-state index contributed by atoms with van der Waals surface area (Å²) in [4.78, 5) is 12.3. The highest BCUT2D eigenvalue weighted by Gasteiger charge is 2.32. The summed E-state index contributed by atoms with van der Waals surface area (Å²) < 4.78 is 1.79. The van der Waals surface area contributed by atoms with Gasteiger partial charge in [-0.15, -0.1) is 0 Å². The monoisotopic (exact) mass is 337 g/mol. The molecule has 3 aromatic rings. The van der Waals surface area contributed by atoms with E-state index >= 15 is 0 Å². The first kappa shape index (κ1) is 15.0. The number of carbonyl (C=O) groups is 1. The smallest absolute Gasteiger partial charge is 0.226 e. The van der Waals surface area contributed by atoms with Crippen molar-refractivity contribution in [3.05, 3.63) is 76.4 Å². The molecule has 0 bridgehead atoms. The van der Waals surface area contributed by atoms with E-state index in [0.717, 1.165) is 28.3 Å². The lowest BCUT2D eigenvalue weighted by Gasteiger charge is -2.24. The fraction of sp³-hybridized carbons (Fsp3) is 0.158. The Hall–Kier alpha value is -2.59. The minimum atomic E-state index is 0.00599. The maximum Gasteiger partial charge on any atom is 0.226 e. The van der Waals surface area contributed by atoms with Crippen LogP contribution >= 0.6 is 11.6 Å². The van der Waals surface area contributed by atoms with Crippen LogP contribution in [0.3, 0.4) is 0 Å². The van der Waals surface area contributed by atoms with Gasteiger partial charge in [-0.3, -0.25) is 4.79 Å². The fourth-order valence-electron chi connectivity index (χ4n) is 3.29. The van der Waals surface area contributed by atoms with Crippen molar-refractivity contribution in [2.75, 3.05) is 5.32 Å². The molecule has 2 aromatic carbocycles. The molecule has 1 atom stereocenters. The molecule has 2 heterocycles. The first-order valence-electron chi connectivity index (χ1n) is 7.84. The molecule has 1 aromatic heterocycles. The van der Waals surface area contributed by atoms with Crippen molar-refractivity contribution in [2.45, 2.75) is 19.3 Å². The van der Waals surface area contributed by atoms with Gasteiger partial charge in [0.1, 0.15) is 5.82 Å². The largest absolute Gasteiger partial charge is 0.310 e. The highest BCUT2D eigenvalue weighted by Crippen LogP contribution is 2.40. The SMILES string of the molecule is Cc1nn(-c2ccc(Cl)cc2)c2c1[C@@H](c1ccccc1)CC(=O)N2. The minimum Gasteiger partial charge on any atom is -0.310 e. The predicted molar refractivity (Wildman–Crippen MR) is 94.8 cm³/mol. The molecule has 4 nitrogen and oxygen atoms in total. The topological polar surface area (TPSA) is 46.9 Å². The van der Waals surface area contributed by atoms with Gasteiger partial charge in [0.05, 0.1) is 11.4 Å². The number of rotatable bonds is 2. The van der Waals surface area contributed by atoms with Crippen LogP contribution in [0.15, 0.2) is 54.6 Å². The first-order valence-corrected chi connectivity index (χ1v) is 8.21. The number of nitrogens with zero attached hydrogens (tertiary/aromatic N) is 2. The third-order valence-corrected chi connectivity index (χ3v) is 4.63. The molecule has 1 aliphatic rings. The number of nitrogens with one attached hydrogen (secondary N) is 1. The van der Waals surface area contributed by atoms with Gasteiger partial charge >= 0.3 is 0 Å². The molecule has 5 heteroatoms. The fourth-order valence-corrected chi connectivity index (χ4v) is 3.41. The summed E-state index contributed by atoms with van der Waals surface area (Å²) in [5.41, 5.74) is 4.01. The number of anilines is 1. The maximum absolute atomic E-state index is 12.3. The number of hydrogen-bond donors (Lipinski definition) is 1. The van der Waals surface area contributed by atoms with Crippen LogP contribution in [0, 0.1) is 6.92 Å². The third-order valence-electron chi connectivity index (χ3n) is 4.38. The van der Waals surface area contributed by atoms with Gasteiger partial charge in [0.15, 0.2) is 0 Å². The minimum absolute atomic E-state index is 0.00599. The maximum atomic E-state index is 12.3. The van der Waals surface area contributed by atoms with Crippen LogP contribution < -0.4 is 5.32 Å². The van der Waals surface area contributed by atoms with Crippen molar-refractivity contribution in [1.82, 2.24) is 9.78 Å². The molecule has 0 spiro atoms. The quantitative estimate of drug-likeness (QED) is 0.757. The average Bonchev–Trinajstić information content (AvgIpc) is 2.92. The zero-order chi connectivity index (χ0) is 16.7. The number of aryl methyl sites for hydroxylation is 1. The molecular weight excluding hydrogens is 322 g/mol. The molecule has 0 saturated carbocycles. The molecule has 0 saturated heterocycles. The van der Waals surface area contributed by atoms with E-state index in [0.29, 0.717) is 11.4 Å². The summed E-state index contributed by atoms with van der Waals surface area (Å²) in [7, 11) is 0. The highest BCUT2D eigenvalue weighted by molar-refractivity contribution is 6.30. The van der Waals surface area contributed by atoms with E-state index in [2.05, 4.69) is 22.5 Å². The van der Waals surface area contributed by atoms with Gasteiger partial charge in [0.2, 0.25) is 5.91 Å². The van der Waals surface area contributed by atoms with Gasteiger partial charge in [-0.2, -0.15) is 5.10 Å². The lowest BCUT2D eigenvalue weighted by molar-refractivity contribution is -0.116. The second kappa shape index (κ2) is 5.80. The average molecular weight is 338 g/mol. The van der Waals surface area contributed by atoms with E-state index < -0.39 is 0 Å². The van der Waals surface area contributed by atoms with Gasteiger partial charge in [-0.05, 0) is 36.8 Å². The van der Waals surface area contributed by atoms with Crippen LogP contribution in [0.2, 0.25) is 5.02 Å². The number of halogens is 1. The Morgan fingerprint density at radius 2 is 1.83 bits per heavy atom. The highest BCUT2D eigenvalue weighted by atomic mass is 35.5. The Kier molecular flexibility index (Phi) is 3.62. The van der Waals surface area contributed by atoms with E-state index in [9.17, 15) is 4.79 Å². The van der Waals surface area contributed by atoms with E-state index in [-0.39, 0.29) is 11.8 Å². The molecule has 1 amide bonds. The lowest BCUT2D eigenvalue weighted by Crippen LogP contribution is -2.24. The number of aromatic nitrogens is 2. The Labute approximate surface area is 145 Å². The van der Waals surface area contributed by atoms with Crippen LogP contribution in [0.1, 0.15) is 29.2 Å².